The minimum absolute atomic E-state index is 0.398. The van der Waals surface area contributed by atoms with E-state index in [4.69, 9.17) is 4.74 Å². The van der Waals surface area contributed by atoms with Crippen LogP contribution < -0.4 is 10.1 Å². The van der Waals surface area contributed by atoms with E-state index in [1.807, 2.05) is 18.3 Å². The van der Waals surface area contributed by atoms with Crippen LogP contribution in [0.1, 0.15) is 32.4 Å². The number of aromatic nitrogens is 1. The zero-order valence-corrected chi connectivity index (χ0v) is 10.7. The number of rotatable bonds is 6. The highest BCUT2D eigenvalue weighted by Gasteiger charge is 2.18. The van der Waals surface area contributed by atoms with Crippen molar-refractivity contribution in [3.05, 3.63) is 24.0 Å². The van der Waals surface area contributed by atoms with Crippen molar-refractivity contribution in [1.29, 1.82) is 0 Å². The summed E-state index contributed by atoms with van der Waals surface area (Å²) < 4.78 is 5.34. The molecule has 0 aromatic carbocycles. The molecule has 3 nitrogen and oxygen atoms in total. The van der Waals surface area contributed by atoms with E-state index in [9.17, 15) is 0 Å². The molecular weight excluding hydrogens is 200 g/mol. The van der Waals surface area contributed by atoms with E-state index < -0.39 is 0 Å². The van der Waals surface area contributed by atoms with Crippen molar-refractivity contribution in [1.82, 2.24) is 10.3 Å². The molecule has 0 aliphatic heterocycles. The van der Waals surface area contributed by atoms with Gasteiger partial charge in [-0.05, 0) is 31.1 Å². The highest BCUT2D eigenvalue weighted by atomic mass is 16.5. The van der Waals surface area contributed by atoms with Gasteiger partial charge in [0.25, 0.3) is 0 Å². The van der Waals surface area contributed by atoms with E-state index in [2.05, 4.69) is 31.1 Å². The molecule has 0 bridgehead atoms. The molecule has 1 N–H and O–H groups in total. The fourth-order valence-corrected chi connectivity index (χ4v) is 1.74. The average Bonchev–Trinajstić information content (AvgIpc) is 2.34. The molecule has 1 heterocycles. The van der Waals surface area contributed by atoms with Gasteiger partial charge in [0.2, 0.25) is 0 Å². The van der Waals surface area contributed by atoms with E-state index in [0.29, 0.717) is 11.8 Å². The van der Waals surface area contributed by atoms with Crippen molar-refractivity contribution in [2.45, 2.75) is 26.7 Å². The molecule has 0 spiro atoms. The van der Waals surface area contributed by atoms with Crippen molar-refractivity contribution >= 4 is 0 Å². The van der Waals surface area contributed by atoms with E-state index in [-0.39, 0.29) is 0 Å². The van der Waals surface area contributed by atoms with Crippen LogP contribution in [0.25, 0.3) is 0 Å². The number of methoxy groups -OCH3 is 1. The van der Waals surface area contributed by atoms with E-state index in [1.54, 1.807) is 7.11 Å². The Hall–Kier alpha value is -1.09. The summed E-state index contributed by atoms with van der Waals surface area (Å²) in [4.78, 5) is 4.43. The number of nitrogens with zero attached hydrogens (tertiary/aromatic N) is 1. The van der Waals surface area contributed by atoms with Crippen LogP contribution in [0, 0.1) is 5.92 Å². The first-order valence-electron chi connectivity index (χ1n) is 5.90. The van der Waals surface area contributed by atoms with Crippen LogP contribution in [-0.2, 0) is 0 Å². The fourth-order valence-electron chi connectivity index (χ4n) is 1.74. The predicted octanol–water partition coefficient (Wildman–Crippen LogP) is 2.44. The van der Waals surface area contributed by atoms with Gasteiger partial charge in [-0.1, -0.05) is 20.8 Å². The van der Waals surface area contributed by atoms with Gasteiger partial charge in [-0.25, -0.2) is 0 Å². The second-order valence-electron chi connectivity index (χ2n) is 4.16. The normalized spacial score (nSPS) is 14.5. The molecule has 0 aliphatic carbocycles. The zero-order valence-electron chi connectivity index (χ0n) is 10.7. The van der Waals surface area contributed by atoms with Gasteiger partial charge in [-0.3, -0.25) is 4.98 Å². The maximum atomic E-state index is 5.34. The summed E-state index contributed by atoms with van der Waals surface area (Å²) in [6.07, 6.45) is 1.83. The van der Waals surface area contributed by atoms with Crippen molar-refractivity contribution in [2.75, 3.05) is 20.2 Å². The lowest BCUT2D eigenvalue weighted by molar-refractivity contribution is 0.384. The van der Waals surface area contributed by atoms with Crippen molar-refractivity contribution < 1.29 is 4.74 Å². The molecule has 1 aromatic heterocycles. The maximum absolute atomic E-state index is 5.34. The summed E-state index contributed by atoms with van der Waals surface area (Å²) in [5.41, 5.74) is 1.05. The Labute approximate surface area is 98.2 Å². The fraction of sp³-hybridized carbons (Fsp3) is 0.615. The molecule has 2 unspecified atom stereocenters. The molecule has 0 amide bonds. The number of pyridine rings is 1. The van der Waals surface area contributed by atoms with Crippen LogP contribution in [0.4, 0.5) is 0 Å². The molecule has 0 fully saturated rings. The van der Waals surface area contributed by atoms with Gasteiger partial charge < -0.3 is 10.1 Å². The van der Waals surface area contributed by atoms with Gasteiger partial charge in [0.05, 0.1) is 12.8 Å². The van der Waals surface area contributed by atoms with Crippen molar-refractivity contribution in [3.63, 3.8) is 0 Å². The summed E-state index contributed by atoms with van der Waals surface area (Å²) in [6, 6.07) is 3.88. The quantitative estimate of drug-likeness (QED) is 0.802. The Morgan fingerprint density at radius 3 is 2.81 bits per heavy atom. The summed E-state index contributed by atoms with van der Waals surface area (Å²) >= 11 is 0. The molecule has 0 saturated carbocycles. The second-order valence-corrected chi connectivity index (χ2v) is 4.16. The minimum atomic E-state index is 0.398. The molecule has 2 atom stereocenters. The Bertz CT molecular complexity index is 315. The lowest BCUT2D eigenvalue weighted by Crippen LogP contribution is -2.24. The van der Waals surface area contributed by atoms with Crippen LogP contribution in [0.3, 0.4) is 0 Å². The lowest BCUT2D eigenvalue weighted by Gasteiger charge is -2.21. The molecule has 0 saturated heterocycles. The summed E-state index contributed by atoms with van der Waals surface area (Å²) in [5.74, 6) is 1.83. The first-order chi connectivity index (χ1) is 7.70. The Balaban J connectivity index is 2.74. The van der Waals surface area contributed by atoms with E-state index in [0.717, 1.165) is 24.5 Å². The number of hydrogen-bond acceptors (Lipinski definition) is 3. The van der Waals surface area contributed by atoms with Gasteiger partial charge in [0.15, 0.2) is 0 Å². The molecule has 1 rings (SSSR count). The Morgan fingerprint density at radius 2 is 2.19 bits per heavy atom. The number of nitrogens with one attached hydrogen (secondary N) is 1. The van der Waals surface area contributed by atoms with E-state index in [1.165, 1.54) is 0 Å². The summed E-state index contributed by atoms with van der Waals surface area (Å²) in [5, 5.41) is 3.37. The smallest absolute Gasteiger partial charge is 0.140 e. The van der Waals surface area contributed by atoms with Gasteiger partial charge in [0, 0.05) is 12.1 Å². The van der Waals surface area contributed by atoms with Gasteiger partial charge in [-0.2, -0.15) is 0 Å². The second kappa shape index (κ2) is 6.48. The van der Waals surface area contributed by atoms with E-state index >= 15 is 0 Å². The number of hydrogen-bond donors (Lipinski definition) is 1. The molecule has 1 aromatic rings. The predicted molar refractivity (Wildman–Crippen MR) is 66.9 cm³/mol. The molecule has 90 valence electrons. The zero-order chi connectivity index (χ0) is 12.0. The lowest BCUT2D eigenvalue weighted by atomic mass is 9.92. The monoisotopic (exact) mass is 222 g/mol. The standard InChI is InChI=1S/C13H22N2O/c1-5-14-9-10(2)11(3)13-12(16-4)7-6-8-15-13/h6-8,10-11,14H,5,9H2,1-4H3. The molecule has 16 heavy (non-hydrogen) atoms. The van der Waals surface area contributed by atoms with Crippen molar-refractivity contribution in [3.8, 4) is 5.75 Å². The Morgan fingerprint density at radius 1 is 1.44 bits per heavy atom. The van der Waals surface area contributed by atoms with Crippen LogP contribution >= 0.6 is 0 Å². The van der Waals surface area contributed by atoms with Crippen LogP contribution in [0.2, 0.25) is 0 Å². The third-order valence-corrected chi connectivity index (χ3v) is 3.02. The highest BCUT2D eigenvalue weighted by Crippen LogP contribution is 2.28. The average molecular weight is 222 g/mol. The minimum Gasteiger partial charge on any atom is -0.495 e. The summed E-state index contributed by atoms with van der Waals surface area (Å²) in [7, 11) is 1.70. The molecule has 3 heteroatoms. The first-order valence-corrected chi connectivity index (χ1v) is 5.90. The van der Waals surface area contributed by atoms with Gasteiger partial charge in [-0.15, -0.1) is 0 Å². The first kappa shape index (κ1) is 13.0. The largest absolute Gasteiger partial charge is 0.495 e. The molecular formula is C13H22N2O. The highest BCUT2D eigenvalue weighted by molar-refractivity contribution is 5.29. The Kier molecular flexibility index (Phi) is 5.26. The third kappa shape index (κ3) is 3.20. The SMILES string of the molecule is CCNCC(C)C(C)c1ncccc1OC. The van der Waals surface area contributed by atoms with Crippen LogP contribution in [0.5, 0.6) is 5.75 Å². The topological polar surface area (TPSA) is 34.2 Å². The van der Waals surface area contributed by atoms with Crippen molar-refractivity contribution in [2.24, 2.45) is 5.92 Å². The summed E-state index contributed by atoms with van der Waals surface area (Å²) in [6.45, 7) is 8.58. The molecule has 0 aliphatic rings. The third-order valence-electron chi connectivity index (χ3n) is 3.02. The van der Waals surface area contributed by atoms with Crippen LogP contribution in [0.15, 0.2) is 18.3 Å². The number of ether oxygens (including phenoxy) is 1. The maximum Gasteiger partial charge on any atom is 0.140 e. The van der Waals surface area contributed by atoms with Gasteiger partial charge in [0.1, 0.15) is 5.75 Å². The van der Waals surface area contributed by atoms with Gasteiger partial charge >= 0.3 is 0 Å². The molecule has 0 radical (unpaired) electrons. The van der Waals surface area contributed by atoms with Crippen LogP contribution in [-0.4, -0.2) is 25.2 Å².